The van der Waals surface area contributed by atoms with Gasteiger partial charge in [-0.05, 0) is 49.4 Å². The lowest BCUT2D eigenvalue weighted by atomic mass is 9.75. The maximum absolute atomic E-state index is 3.89. The highest BCUT2D eigenvalue weighted by Crippen LogP contribution is 2.34. The fourth-order valence-corrected chi connectivity index (χ4v) is 3.58. The molecule has 128 valence electrons. The van der Waals surface area contributed by atoms with Crippen LogP contribution in [0.3, 0.4) is 0 Å². The molecule has 21 heavy (non-hydrogen) atoms. The van der Waals surface area contributed by atoms with Gasteiger partial charge in [-0.25, -0.2) is 0 Å². The number of hydrogen-bond acceptors (Lipinski definition) is 1. The maximum Gasteiger partial charge on any atom is 0.000783 e. The van der Waals surface area contributed by atoms with Crippen LogP contribution in [0.15, 0.2) is 0 Å². The summed E-state index contributed by atoms with van der Waals surface area (Å²) in [4.78, 5) is 0. The Kier molecular flexibility index (Phi) is 11.5. The van der Waals surface area contributed by atoms with Crippen molar-refractivity contribution in [2.45, 2.75) is 106 Å². The minimum Gasteiger partial charge on any atom is -0.316 e. The lowest BCUT2D eigenvalue weighted by Crippen LogP contribution is -2.40. The van der Waals surface area contributed by atoms with Crippen LogP contribution in [0.5, 0.6) is 0 Å². The van der Waals surface area contributed by atoms with Crippen molar-refractivity contribution in [1.29, 1.82) is 0 Å². The van der Waals surface area contributed by atoms with E-state index < -0.39 is 0 Å². The quantitative estimate of drug-likeness (QED) is 0.382. The van der Waals surface area contributed by atoms with Crippen LogP contribution in [0.1, 0.15) is 106 Å². The summed E-state index contributed by atoms with van der Waals surface area (Å²) in [5.74, 6) is 0. The molecular weight excluding hydrogens is 254 g/mol. The van der Waals surface area contributed by atoms with E-state index in [1.165, 1.54) is 77.3 Å². The molecule has 0 aromatic carbocycles. The Hall–Kier alpha value is -0.0400. The summed E-state index contributed by atoms with van der Waals surface area (Å²) in [5, 5.41) is 3.89. The third-order valence-electron chi connectivity index (χ3n) is 6.12. The van der Waals surface area contributed by atoms with Gasteiger partial charge >= 0.3 is 0 Å². The van der Waals surface area contributed by atoms with Gasteiger partial charge in [-0.15, -0.1) is 0 Å². The Bertz CT molecular complexity index is 202. The third-order valence-corrected chi connectivity index (χ3v) is 6.12. The van der Waals surface area contributed by atoms with Crippen molar-refractivity contribution in [3.63, 3.8) is 0 Å². The van der Waals surface area contributed by atoms with Crippen LogP contribution in [0.4, 0.5) is 0 Å². The Morgan fingerprint density at radius 3 is 1.14 bits per heavy atom. The molecule has 0 heterocycles. The number of hydrogen-bond donors (Lipinski definition) is 1. The molecule has 0 saturated carbocycles. The fourth-order valence-electron chi connectivity index (χ4n) is 3.58. The molecule has 0 aliphatic heterocycles. The lowest BCUT2D eigenvalue weighted by Gasteiger charge is -2.37. The smallest absolute Gasteiger partial charge is 0.000783 e. The van der Waals surface area contributed by atoms with E-state index in [0.717, 1.165) is 0 Å². The topological polar surface area (TPSA) is 12.0 Å². The molecule has 0 aliphatic rings. The minimum absolute atomic E-state index is 0.536. The molecule has 0 fully saturated rings. The van der Waals surface area contributed by atoms with E-state index in [-0.39, 0.29) is 0 Å². The third kappa shape index (κ3) is 7.17. The van der Waals surface area contributed by atoms with Crippen molar-refractivity contribution in [3.05, 3.63) is 0 Å². The molecule has 0 aromatic rings. The first-order valence-corrected chi connectivity index (χ1v) is 9.78. The Morgan fingerprint density at radius 1 is 0.571 bits per heavy atom. The zero-order valence-corrected chi connectivity index (χ0v) is 16.0. The molecule has 0 amide bonds. The zero-order chi connectivity index (χ0) is 16.2. The molecule has 0 atom stereocenters. The van der Waals surface area contributed by atoms with Gasteiger partial charge in [0, 0.05) is 13.1 Å². The highest BCUT2D eigenvalue weighted by atomic mass is 14.9. The van der Waals surface area contributed by atoms with Crippen LogP contribution in [0.25, 0.3) is 0 Å². The maximum atomic E-state index is 3.89. The van der Waals surface area contributed by atoms with E-state index in [1.54, 1.807) is 0 Å². The fraction of sp³-hybridized carbons (Fsp3) is 1.00. The molecule has 1 N–H and O–H groups in total. The summed E-state index contributed by atoms with van der Waals surface area (Å²) in [7, 11) is 0. The summed E-state index contributed by atoms with van der Waals surface area (Å²) >= 11 is 0. The second-order valence-corrected chi connectivity index (χ2v) is 7.22. The molecule has 0 rings (SSSR count). The van der Waals surface area contributed by atoms with Gasteiger partial charge in [0.2, 0.25) is 0 Å². The van der Waals surface area contributed by atoms with Crippen LogP contribution in [-0.2, 0) is 0 Å². The summed E-state index contributed by atoms with van der Waals surface area (Å²) in [6.07, 6.45) is 13.5. The van der Waals surface area contributed by atoms with Crippen molar-refractivity contribution in [2.24, 2.45) is 10.8 Å². The van der Waals surface area contributed by atoms with Crippen LogP contribution in [-0.4, -0.2) is 13.1 Å². The molecule has 0 radical (unpaired) electrons. The molecule has 0 saturated heterocycles. The number of rotatable bonds is 14. The Labute approximate surface area is 135 Å². The van der Waals surface area contributed by atoms with E-state index in [2.05, 4.69) is 46.9 Å². The largest absolute Gasteiger partial charge is 0.316 e. The second kappa shape index (κ2) is 11.5. The standard InChI is InChI=1S/C20H43N/c1-7-13-15-19(9-3,10-4)17-21-18-20(11-5,12-6)16-14-8-2/h21H,7-18H2,1-6H3. The van der Waals surface area contributed by atoms with E-state index in [0.29, 0.717) is 10.8 Å². The van der Waals surface area contributed by atoms with Gasteiger partial charge in [0.15, 0.2) is 0 Å². The molecule has 0 bridgehead atoms. The van der Waals surface area contributed by atoms with Crippen molar-refractivity contribution in [2.75, 3.05) is 13.1 Å². The molecule has 0 unspecified atom stereocenters. The van der Waals surface area contributed by atoms with Crippen molar-refractivity contribution >= 4 is 0 Å². The van der Waals surface area contributed by atoms with Gasteiger partial charge in [-0.3, -0.25) is 0 Å². The Morgan fingerprint density at radius 2 is 0.905 bits per heavy atom. The van der Waals surface area contributed by atoms with E-state index in [1.807, 2.05) is 0 Å². The van der Waals surface area contributed by atoms with Gasteiger partial charge in [-0.1, -0.05) is 67.2 Å². The lowest BCUT2D eigenvalue weighted by molar-refractivity contribution is 0.179. The first-order chi connectivity index (χ1) is 10.1. The monoisotopic (exact) mass is 297 g/mol. The van der Waals surface area contributed by atoms with Crippen molar-refractivity contribution in [3.8, 4) is 0 Å². The number of unbranched alkanes of at least 4 members (excludes halogenated alkanes) is 2. The first-order valence-electron chi connectivity index (χ1n) is 9.78. The zero-order valence-electron chi connectivity index (χ0n) is 16.0. The second-order valence-electron chi connectivity index (χ2n) is 7.22. The predicted molar refractivity (Wildman–Crippen MR) is 97.9 cm³/mol. The molecule has 1 nitrogen and oxygen atoms in total. The molecule has 0 spiro atoms. The summed E-state index contributed by atoms with van der Waals surface area (Å²) in [5.41, 5.74) is 1.07. The average Bonchev–Trinajstić information content (AvgIpc) is 2.54. The predicted octanol–water partition coefficient (Wildman–Crippen LogP) is 6.57. The van der Waals surface area contributed by atoms with Gasteiger partial charge in [0.05, 0.1) is 0 Å². The van der Waals surface area contributed by atoms with Crippen LogP contribution < -0.4 is 5.32 Å². The summed E-state index contributed by atoms with van der Waals surface area (Å²) in [6, 6.07) is 0. The number of nitrogens with one attached hydrogen (secondary N) is 1. The van der Waals surface area contributed by atoms with Crippen LogP contribution in [0.2, 0.25) is 0 Å². The Balaban J connectivity index is 4.49. The summed E-state index contributed by atoms with van der Waals surface area (Å²) < 4.78 is 0. The minimum atomic E-state index is 0.536. The van der Waals surface area contributed by atoms with Crippen LogP contribution in [0, 0.1) is 10.8 Å². The summed E-state index contributed by atoms with van der Waals surface area (Å²) in [6.45, 7) is 16.6. The van der Waals surface area contributed by atoms with E-state index in [4.69, 9.17) is 0 Å². The van der Waals surface area contributed by atoms with Crippen molar-refractivity contribution in [1.82, 2.24) is 5.32 Å². The van der Waals surface area contributed by atoms with Gasteiger partial charge < -0.3 is 5.32 Å². The SMILES string of the molecule is CCCCC(CC)(CC)CNCC(CC)(CC)CCCC. The van der Waals surface area contributed by atoms with E-state index in [9.17, 15) is 0 Å². The average molecular weight is 298 g/mol. The van der Waals surface area contributed by atoms with Crippen LogP contribution >= 0.6 is 0 Å². The first kappa shape index (κ1) is 21.0. The highest BCUT2D eigenvalue weighted by molar-refractivity contribution is 4.83. The van der Waals surface area contributed by atoms with Gasteiger partial charge in [0.1, 0.15) is 0 Å². The molecular formula is C20H43N. The molecule has 0 aromatic heterocycles. The normalized spacial score (nSPS) is 12.9. The molecule has 1 heteroatoms. The van der Waals surface area contributed by atoms with Gasteiger partial charge in [0.25, 0.3) is 0 Å². The van der Waals surface area contributed by atoms with E-state index >= 15 is 0 Å². The highest BCUT2D eigenvalue weighted by Gasteiger charge is 2.28. The van der Waals surface area contributed by atoms with Crippen molar-refractivity contribution < 1.29 is 0 Å². The van der Waals surface area contributed by atoms with Gasteiger partial charge in [-0.2, -0.15) is 0 Å². The molecule has 0 aliphatic carbocycles.